The summed E-state index contributed by atoms with van der Waals surface area (Å²) in [6, 6.07) is 0. The van der Waals surface area contributed by atoms with E-state index < -0.39 is 0 Å². The first kappa shape index (κ1) is 7.67. The van der Waals surface area contributed by atoms with Crippen LogP contribution in [0.25, 0.3) is 0 Å². The van der Waals surface area contributed by atoms with Gasteiger partial charge in [-0.3, -0.25) is 0 Å². The molecule has 62 valence electrons. The molecule has 1 saturated carbocycles. The van der Waals surface area contributed by atoms with Crippen molar-refractivity contribution in [3.63, 3.8) is 0 Å². The molecule has 0 aromatic carbocycles. The third-order valence-electron chi connectivity index (χ3n) is 4.07. The molecule has 1 fully saturated rings. The number of fused-ring (bicyclic) bond motifs is 2. The second kappa shape index (κ2) is 2.04. The number of allylic oxidation sites excluding steroid dienone is 2. The normalized spacial score (nSPS) is 53.9. The van der Waals surface area contributed by atoms with Gasteiger partial charge >= 0.3 is 0 Å². The van der Waals surface area contributed by atoms with Crippen LogP contribution < -0.4 is 0 Å². The molecule has 0 aromatic rings. The summed E-state index contributed by atoms with van der Waals surface area (Å²) in [5.41, 5.74) is 0.758. The topological polar surface area (TPSA) is 0 Å². The molecule has 0 aliphatic heterocycles. The Bertz CT molecular complexity index is 209. The molecule has 1 unspecified atom stereocenters. The van der Waals surface area contributed by atoms with Gasteiger partial charge in [0.15, 0.2) is 0 Å². The first-order chi connectivity index (χ1) is 5.12. The summed E-state index contributed by atoms with van der Waals surface area (Å²) in [4.78, 5) is 0. The number of halogens is 1. The van der Waals surface area contributed by atoms with Crippen molar-refractivity contribution in [3.05, 3.63) is 12.2 Å². The summed E-state index contributed by atoms with van der Waals surface area (Å²) in [6.07, 6.45) is 7.42. The van der Waals surface area contributed by atoms with Crippen LogP contribution in [0.1, 0.15) is 26.7 Å². The summed E-state index contributed by atoms with van der Waals surface area (Å²) >= 11 is 6.03. The van der Waals surface area contributed by atoms with E-state index in [1.165, 1.54) is 12.8 Å². The number of hydrogen-bond acceptors (Lipinski definition) is 0. The molecule has 0 radical (unpaired) electrons. The zero-order valence-corrected chi connectivity index (χ0v) is 7.99. The van der Waals surface area contributed by atoms with Gasteiger partial charge in [0, 0.05) is 5.88 Å². The lowest BCUT2D eigenvalue weighted by atomic mass is 9.70. The fraction of sp³-hybridized carbons (Fsp3) is 0.800. The Hall–Kier alpha value is 0.0300. The molecule has 11 heavy (non-hydrogen) atoms. The van der Waals surface area contributed by atoms with Gasteiger partial charge in [-0.25, -0.2) is 0 Å². The second-order valence-corrected chi connectivity index (χ2v) is 4.74. The predicted octanol–water partition coefficient (Wildman–Crippen LogP) is 3.22. The summed E-state index contributed by atoms with van der Waals surface area (Å²) in [5, 5.41) is 0. The van der Waals surface area contributed by atoms with Gasteiger partial charge in [0.05, 0.1) is 0 Å². The molecule has 2 aliphatic carbocycles. The van der Waals surface area contributed by atoms with Crippen LogP contribution in [-0.2, 0) is 0 Å². The number of alkyl halides is 1. The summed E-state index contributed by atoms with van der Waals surface area (Å²) in [6.45, 7) is 4.68. The van der Waals surface area contributed by atoms with Gasteiger partial charge in [0.2, 0.25) is 0 Å². The largest absolute Gasteiger partial charge is 0.126 e. The molecule has 0 amide bonds. The minimum Gasteiger partial charge on any atom is -0.126 e. The standard InChI is InChI=1S/C10H15Cl/c1-9-5-3-8(4-6-9)10(9,2)7-11/h3,5,8H,4,6-7H2,1-2H3/t8-,9-,10?/m1/s1. The quantitative estimate of drug-likeness (QED) is 0.419. The predicted molar refractivity (Wildman–Crippen MR) is 48.8 cm³/mol. The minimum absolute atomic E-state index is 0.356. The minimum atomic E-state index is 0.356. The first-order valence-corrected chi connectivity index (χ1v) is 4.91. The Kier molecular flexibility index (Phi) is 1.42. The highest BCUT2D eigenvalue weighted by Gasteiger charge is 2.55. The Morgan fingerprint density at radius 2 is 2.27 bits per heavy atom. The Morgan fingerprint density at radius 3 is 2.45 bits per heavy atom. The average molecular weight is 171 g/mol. The van der Waals surface area contributed by atoms with E-state index in [1.54, 1.807) is 0 Å². The number of rotatable bonds is 1. The second-order valence-electron chi connectivity index (χ2n) is 4.47. The van der Waals surface area contributed by atoms with Gasteiger partial charge < -0.3 is 0 Å². The van der Waals surface area contributed by atoms with Crippen molar-refractivity contribution in [2.24, 2.45) is 16.7 Å². The van der Waals surface area contributed by atoms with Crippen molar-refractivity contribution in [2.45, 2.75) is 26.7 Å². The van der Waals surface area contributed by atoms with Crippen molar-refractivity contribution < 1.29 is 0 Å². The van der Waals surface area contributed by atoms with Gasteiger partial charge in [0.25, 0.3) is 0 Å². The van der Waals surface area contributed by atoms with E-state index in [0.29, 0.717) is 10.8 Å². The highest BCUT2D eigenvalue weighted by Crippen LogP contribution is 2.62. The van der Waals surface area contributed by atoms with E-state index in [1.807, 2.05) is 0 Å². The smallest absolute Gasteiger partial charge is 0.0291 e. The van der Waals surface area contributed by atoms with Crippen molar-refractivity contribution in [2.75, 3.05) is 5.88 Å². The lowest BCUT2D eigenvalue weighted by Gasteiger charge is -2.35. The van der Waals surface area contributed by atoms with Crippen LogP contribution in [0.2, 0.25) is 0 Å². The molecule has 2 rings (SSSR count). The van der Waals surface area contributed by atoms with Crippen LogP contribution >= 0.6 is 11.6 Å². The van der Waals surface area contributed by atoms with Crippen molar-refractivity contribution in [1.82, 2.24) is 0 Å². The van der Waals surface area contributed by atoms with Gasteiger partial charge in [-0.2, -0.15) is 0 Å². The van der Waals surface area contributed by atoms with Crippen molar-refractivity contribution >= 4 is 11.6 Å². The van der Waals surface area contributed by atoms with E-state index in [-0.39, 0.29) is 0 Å². The van der Waals surface area contributed by atoms with Crippen LogP contribution in [0.5, 0.6) is 0 Å². The van der Waals surface area contributed by atoms with Crippen LogP contribution in [-0.4, -0.2) is 5.88 Å². The van der Waals surface area contributed by atoms with E-state index in [9.17, 15) is 0 Å². The molecule has 3 atom stereocenters. The third-order valence-corrected chi connectivity index (χ3v) is 4.63. The van der Waals surface area contributed by atoms with Gasteiger partial charge in [-0.15, -0.1) is 11.6 Å². The van der Waals surface area contributed by atoms with Crippen LogP contribution in [0.4, 0.5) is 0 Å². The molecule has 0 nitrogen and oxygen atoms in total. The third kappa shape index (κ3) is 0.717. The Labute approximate surface area is 73.6 Å². The van der Waals surface area contributed by atoms with E-state index >= 15 is 0 Å². The zero-order chi connectivity index (χ0) is 8.11. The highest BCUT2D eigenvalue weighted by molar-refractivity contribution is 6.18. The highest BCUT2D eigenvalue weighted by atomic mass is 35.5. The average Bonchev–Trinajstić information content (AvgIpc) is 2.39. The molecule has 1 heteroatoms. The molecular weight excluding hydrogens is 156 g/mol. The first-order valence-electron chi connectivity index (χ1n) is 4.38. The molecule has 0 aromatic heterocycles. The van der Waals surface area contributed by atoms with E-state index in [2.05, 4.69) is 26.0 Å². The van der Waals surface area contributed by atoms with Crippen LogP contribution in [0, 0.1) is 16.7 Å². The monoisotopic (exact) mass is 170 g/mol. The fourth-order valence-corrected chi connectivity index (χ4v) is 3.15. The Balaban J connectivity index is 2.40. The maximum absolute atomic E-state index is 6.03. The maximum atomic E-state index is 6.03. The maximum Gasteiger partial charge on any atom is 0.0291 e. The molecular formula is C10H15Cl. The summed E-state index contributed by atoms with van der Waals surface area (Å²) < 4.78 is 0. The van der Waals surface area contributed by atoms with E-state index in [0.717, 1.165) is 11.8 Å². The van der Waals surface area contributed by atoms with Gasteiger partial charge in [-0.1, -0.05) is 26.0 Å². The fourth-order valence-electron chi connectivity index (χ4n) is 2.65. The Morgan fingerprint density at radius 1 is 1.55 bits per heavy atom. The molecule has 0 N–H and O–H groups in total. The van der Waals surface area contributed by atoms with Crippen LogP contribution in [0.3, 0.4) is 0 Å². The molecule has 0 saturated heterocycles. The lowest BCUT2D eigenvalue weighted by molar-refractivity contribution is 0.187. The molecule has 0 heterocycles. The zero-order valence-electron chi connectivity index (χ0n) is 7.23. The van der Waals surface area contributed by atoms with E-state index in [4.69, 9.17) is 11.6 Å². The number of hydrogen-bond donors (Lipinski definition) is 0. The molecule has 0 spiro atoms. The van der Waals surface area contributed by atoms with Crippen molar-refractivity contribution in [3.8, 4) is 0 Å². The molecule has 2 aliphatic rings. The van der Waals surface area contributed by atoms with Gasteiger partial charge in [0.1, 0.15) is 0 Å². The molecule has 2 bridgehead atoms. The van der Waals surface area contributed by atoms with Crippen LogP contribution in [0.15, 0.2) is 12.2 Å². The summed E-state index contributed by atoms with van der Waals surface area (Å²) in [5.74, 6) is 1.56. The SMILES string of the molecule is CC1(CCl)[C@@H]2C=C[C@]1(C)CC2. The van der Waals surface area contributed by atoms with Crippen molar-refractivity contribution in [1.29, 1.82) is 0 Å². The van der Waals surface area contributed by atoms with Gasteiger partial charge in [-0.05, 0) is 29.6 Å². The summed E-state index contributed by atoms with van der Waals surface area (Å²) in [7, 11) is 0. The lowest BCUT2D eigenvalue weighted by Crippen LogP contribution is -2.32.